The number of halogens is 1. The lowest BCUT2D eigenvalue weighted by atomic mass is 10.4. The number of nitrogens with zero attached hydrogens (tertiary/aromatic N) is 4. The Morgan fingerprint density at radius 2 is 2.15 bits per heavy atom. The summed E-state index contributed by atoms with van der Waals surface area (Å²) in [6.07, 6.45) is 2.18. The number of carbonyl (C=O) groups excluding carboxylic acids is 1. The largest absolute Gasteiger partial charge is 0.377 e. The molecule has 1 aliphatic heterocycles. The smallest absolute Gasteiger partial charge is 0.242 e. The number of hydrogen-bond acceptors (Lipinski definition) is 5. The van der Waals surface area contributed by atoms with Crippen molar-refractivity contribution >= 4 is 23.3 Å². The molecule has 0 spiro atoms. The highest BCUT2D eigenvalue weighted by atomic mass is 35.5. The fraction of sp³-hybridized carbons (Fsp3) is 0.615. The van der Waals surface area contributed by atoms with Gasteiger partial charge in [0.25, 0.3) is 0 Å². The van der Waals surface area contributed by atoms with Crippen molar-refractivity contribution in [1.82, 2.24) is 14.9 Å². The number of likely N-dealkylation sites (tertiary alicyclic amines) is 1. The summed E-state index contributed by atoms with van der Waals surface area (Å²) >= 11 is 5.96. The molecule has 7 heteroatoms. The Kier molecular flexibility index (Phi) is 5.14. The Balaban J connectivity index is 2.04. The van der Waals surface area contributed by atoms with Crippen molar-refractivity contribution in [3.8, 4) is 0 Å². The summed E-state index contributed by atoms with van der Waals surface area (Å²) in [5, 5.41) is 0.350. The summed E-state index contributed by atoms with van der Waals surface area (Å²) in [4.78, 5) is 24.2. The number of carbonyl (C=O) groups is 1. The maximum absolute atomic E-state index is 12.1. The monoisotopic (exact) mass is 298 g/mol. The first-order valence-corrected chi connectivity index (χ1v) is 6.99. The van der Waals surface area contributed by atoms with Crippen LogP contribution in [0.2, 0.25) is 5.15 Å². The molecule has 0 bridgehead atoms. The van der Waals surface area contributed by atoms with E-state index >= 15 is 0 Å². The van der Waals surface area contributed by atoms with Gasteiger partial charge in [-0.05, 0) is 12.8 Å². The molecular weight excluding hydrogens is 280 g/mol. The first kappa shape index (κ1) is 15.0. The van der Waals surface area contributed by atoms with E-state index in [9.17, 15) is 4.79 Å². The minimum Gasteiger partial charge on any atom is -0.377 e. The molecule has 2 heterocycles. The van der Waals surface area contributed by atoms with Crippen LogP contribution in [0.5, 0.6) is 0 Å². The van der Waals surface area contributed by atoms with Crippen molar-refractivity contribution in [2.24, 2.45) is 0 Å². The fourth-order valence-electron chi connectivity index (χ4n) is 2.19. The van der Waals surface area contributed by atoms with Crippen LogP contribution < -0.4 is 4.90 Å². The molecule has 0 aromatic carbocycles. The summed E-state index contributed by atoms with van der Waals surface area (Å²) in [5.41, 5.74) is 0. The van der Waals surface area contributed by atoms with Crippen molar-refractivity contribution < 1.29 is 9.53 Å². The molecule has 1 fully saturated rings. The molecular formula is C13H19ClN4O2. The average molecular weight is 299 g/mol. The summed E-state index contributed by atoms with van der Waals surface area (Å²) in [7, 11) is 3.40. The van der Waals surface area contributed by atoms with Crippen LogP contribution in [0.1, 0.15) is 18.7 Å². The quantitative estimate of drug-likeness (QED) is 0.768. The van der Waals surface area contributed by atoms with Crippen molar-refractivity contribution in [3.63, 3.8) is 0 Å². The molecule has 0 radical (unpaired) electrons. The van der Waals surface area contributed by atoms with Crippen molar-refractivity contribution in [2.75, 3.05) is 38.7 Å². The first-order valence-electron chi connectivity index (χ1n) is 6.61. The number of anilines is 1. The van der Waals surface area contributed by atoms with E-state index in [4.69, 9.17) is 16.3 Å². The molecule has 110 valence electrons. The first-order chi connectivity index (χ1) is 9.60. The van der Waals surface area contributed by atoms with Crippen LogP contribution in [0, 0.1) is 0 Å². The van der Waals surface area contributed by atoms with Gasteiger partial charge in [0.1, 0.15) is 17.6 Å². The molecule has 1 amide bonds. The molecule has 20 heavy (non-hydrogen) atoms. The van der Waals surface area contributed by atoms with Gasteiger partial charge in [-0.15, -0.1) is 0 Å². The summed E-state index contributed by atoms with van der Waals surface area (Å²) in [5.74, 6) is 1.26. The zero-order valence-electron chi connectivity index (χ0n) is 11.8. The van der Waals surface area contributed by atoms with Gasteiger partial charge in [-0.3, -0.25) is 4.79 Å². The predicted molar refractivity (Wildman–Crippen MR) is 76.8 cm³/mol. The van der Waals surface area contributed by atoms with Crippen LogP contribution in [-0.2, 0) is 16.1 Å². The van der Waals surface area contributed by atoms with Crippen LogP contribution in [0.4, 0.5) is 5.82 Å². The fourth-order valence-corrected chi connectivity index (χ4v) is 2.39. The number of methoxy groups -OCH3 is 1. The second-order valence-electron chi connectivity index (χ2n) is 4.84. The van der Waals surface area contributed by atoms with Crippen LogP contribution in [-0.4, -0.2) is 54.6 Å². The maximum Gasteiger partial charge on any atom is 0.242 e. The number of hydrogen-bond donors (Lipinski definition) is 0. The van der Waals surface area contributed by atoms with Gasteiger partial charge in [-0.1, -0.05) is 11.6 Å². The van der Waals surface area contributed by atoms with Gasteiger partial charge in [0.05, 0.1) is 6.54 Å². The Morgan fingerprint density at radius 1 is 1.45 bits per heavy atom. The van der Waals surface area contributed by atoms with Gasteiger partial charge < -0.3 is 14.5 Å². The zero-order valence-corrected chi connectivity index (χ0v) is 12.6. The highest BCUT2D eigenvalue weighted by molar-refractivity contribution is 6.29. The number of amides is 1. The van der Waals surface area contributed by atoms with Gasteiger partial charge in [-0.2, -0.15) is 0 Å². The normalized spacial score (nSPS) is 14.7. The molecule has 0 N–H and O–H groups in total. The van der Waals surface area contributed by atoms with Crippen molar-refractivity contribution in [1.29, 1.82) is 0 Å². The maximum atomic E-state index is 12.1. The van der Waals surface area contributed by atoms with Gasteiger partial charge in [-0.25, -0.2) is 9.97 Å². The zero-order chi connectivity index (χ0) is 14.5. The third kappa shape index (κ3) is 3.80. The molecule has 2 rings (SSSR count). The molecule has 1 saturated heterocycles. The third-order valence-corrected chi connectivity index (χ3v) is 3.42. The molecule has 1 aliphatic rings. The molecule has 6 nitrogen and oxygen atoms in total. The Hall–Kier alpha value is -1.40. The molecule has 0 aliphatic carbocycles. The Morgan fingerprint density at radius 3 is 2.80 bits per heavy atom. The van der Waals surface area contributed by atoms with Gasteiger partial charge in [0.15, 0.2) is 5.82 Å². The minimum atomic E-state index is 0.119. The third-order valence-electron chi connectivity index (χ3n) is 3.22. The van der Waals surface area contributed by atoms with E-state index in [-0.39, 0.29) is 5.91 Å². The van der Waals surface area contributed by atoms with Gasteiger partial charge >= 0.3 is 0 Å². The summed E-state index contributed by atoms with van der Waals surface area (Å²) < 4.78 is 5.00. The predicted octanol–water partition coefficient (Wildman–Crippen LogP) is 1.33. The standard InChI is InChI=1S/C13H19ClN4O2/c1-17(8-13(19)18-5-3-4-6-18)12-7-10(14)15-11(16-12)9-20-2/h7H,3-6,8-9H2,1-2H3. The average Bonchev–Trinajstić information content (AvgIpc) is 2.92. The number of ether oxygens (including phenoxy) is 1. The van der Waals surface area contributed by atoms with Crippen molar-refractivity contribution in [2.45, 2.75) is 19.4 Å². The molecule has 0 unspecified atom stereocenters. The van der Waals surface area contributed by atoms with E-state index in [2.05, 4.69) is 9.97 Å². The van der Waals surface area contributed by atoms with E-state index in [0.717, 1.165) is 25.9 Å². The summed E-state index contributed by atoms with van der Waals surface area (Å²) in [6, 6.07) is 1.65. The Labute approximate surface area is 123 Å². The SMILES string of the molecule is COCc1nc(Cl)cc(N(C)CC(=O)N2CCCC2)n1. The molecule has 0 atom stereocenters. The van der Waals surface area contributed by atoms with Crippen LogP contribution in [0.3, 0.4) is 0 Å². The number of likely N-dealkylation sites (N-methyl/N-ethyl adjacent to an activating group) is 1. The molecule has 0 saturated carbocycles. The Bertz CT molecular complexity index is 477. The number of aromatic nitrogens is 2. The highest BCUT2D eigenvalue weighted by Crippen LogP contribution is 2.16. The lowest BCUT2D eigenvalue weighted by Crippen LogP contribution is -2.37. The number of rotatable bonds is 5. The highest BCUT2D eigenvalue weighted by Gasteiger charge is 2.20. The second kappa shape index (κ2) is 6.85. The van der Waals surface area contributed by atoms with Crippen LogP contribution >= 0.6 is 11.6 Å². The van der Waals surface area contributed by atoms with E-state index in [1.807, 2.05) is 11.9 Å². The van der Waals surface area contributed by atoms with E-state index in [1.165, 1.54) is 0 Å². The van der Waals surface area contributed by atoms with Crippen LogP contribution in [0.15, 0.2) is 6.07 Å². The van der Waals surface area contributed by atoms with E-state index in [1.54, 1.807) is 18.1 Å². The van der Waals surface area contributed by atoms with E-state index < -0.39 is 0 Å². The lowest BCUT2D eigenvalue weighted by Gasteiger charge is -2.22. The van der Waals surface area contributed by atoms with Crippen molar-refractivity contribution in [3.05, 3.63) is 17.0 Å². The topological polar surface area (TPSA) is 58.6 Å². The molecule has 1 aromatic heterocycles. The summed E-state index contributed by atoms with van der Waals surface area (Å²) in [6.45, 7) is 2.29. The van der Waals surface area contributed by atoms with Gasteiger partial charge in [0, 0.05) is 33.3 Å². The van der Waals surface area contributed by atoms with Gasteiger partial charge in [0.2, 0.25) is 5.91 Å². The van der Waals surface area contributed by atoms with Crippen LogP contribution in [0.25, 0.3) is 0 Å². The van der Waals surface area contributed by atoms with E-state index in [0.29, 0.717) is 29.9 Å². The lowest BCUT2D eigenvalue weighted by molar-refractivity contribution is -0.128. The minimum absolute atomic E-state index is 0.119. The molecule has 1 aromatic rings. The second-order valence-corrected chi connectivity index (χ2v) is 5.23.